The third kappa shape index (κ3) is 4.46. The van der Waals surface area contributed by atoms with Gasteiger partial charge in [0.1, 0.15) is 5.76 Å². The Morgan fingerprint density at radius 3 is 2.58 bits per heavy atom. The molecule has 1 aliphatic carbocycles. The van der Waals surface area contributed by atoms with Crippen LogP contribution in [0.15, 0.2) is 39.8 Å². The zero-order valence-corrected chi connectivity index (χ0v) is 19.0. The lowest BCUT2D eigenvalue weighted by atomic mass is 10.1. The van der Waals surface area contributed by atoms with Crippen molar-refractivity contribution in [3.8, 4) is 0 Å². The Labute approximate surface area is 185 Å². The van der Waals surface area contributed by atoms with Crippen molar-refractivity contribution in [3.63, 3.8) is 0 Å². The molecule has 3 aromatic rings. The topological polar surface area (TPSA) is 74.3 Å². The van der Waals surface area contributed by atoms with Gasteiger partial charge in [0.05, 0.1) is 11.3 Å². The van der Waals surface area contributed by atoms with Crippen LogP contribution in [0.4, 0.5) is 0 Å². The van der Waals surface area contributed by atoms with Gasteiger partial charge in [-0.2, -0.15) is 0 Å². The van der Waals surface area contributed by atoms with Gasteiger partial charge in [-0.1, -0.05) is 17.3 Å². The fourth-order valence-electron chi connectivity index (χ4n) is 3.86. The third-order valence-electron chi connectivity index (χ3n) is 5.69. The predicted octanol–water partition coefficient (Wildman–Crippen LogP) is 5.38. The number of aryl methyl sites for hydroxylation is 3. The molecule has 0 atom stereocenters. The number of rotatable bonds is 8. The van der Waals surface area contributed by atoms with E-state index in [0.717, 1.165) is 46.1 Å². The molecule has 2 aromatic heterocycles. The number of ketones is 1. The largest absolute Gasteiger partial charge is 0.454 e. The zero-order chi connectivity index (χ0) is 22.1. The van der Waals surface area contributed by atoms with E-state index in [-0.39, 0.29) is 12.4 Å². The van der Waals surface area contributed by atoms with Crippen molar-refractivity contribution in [1.82, 2.24) is 9.72 Å². The van der Waals surface area contributed by atoms with Crippen LogP contribution in [-0.4, -0.2) is 28.1 Å². The van der Waals surface area contributed by atoms with Crippen LogP contribution in [0.1, 0.15) is 68.0 Å². The van der Waals surface area contributed by atoms with E-state index in [1.165, 1.54) is 11.8 Å². The number of carbonyl (C=O) groups is 2. The summed E-state index contributed by atoms with van der Waals surface area (Å²) in [5.41, 5.74) is 5.00. The standard InChI is InChI=1S/C24H26N2O4S/c1-14-11-20(16(3)26(14)18-9-10-18)22(27)12-29-24(28)19-7-5-6-8-23(19)31-13-21-15(2)25-30-17(21)4/h5-8,11,18H,9-10,12-13H2,1-4H3. The van der Waals surface area contributed by atoms with Gasteiger partial charge in [0.15, 0.2) is 6.61 Å². The van der Waals surface area contributed by atoms with Crippen molar-refractivity contribution in [1.29, 1.82) is 0 Å². The maximum Gasteiger partial charge on any atom is 0.339 e. The van der Waals surface area contributed by atoms with Crippen LogP contribution < -0.4 is 0 Å². The molecule has 1 aromatic carbocycles. The Morgan fingerprint density at radius 2 is 1.90 bits per heavy atom. The number of benzene rings is 1. The lowest BCUT2D eigenvalue weighted by Gasteiger charge is -2.10. The van der Waals surface area contributed by atoms with Crippen LogP contribution >= 0.6 is 11.8 Å². The van der Waals surface area contributed by atoms with E-state index in [4.69, 9.17) is 9.26 Å². The summed E-state index contributed by atoms with van der Waals surface area (Å²) >= 11 is 1.52. The number of esters is 1. The zero-order valence-electron chi connectivity index (χ0n) is 18.2. The normalized spacial score (nSPS) is 13.4. The average molecular weight is 439 g/mol. The highest BCUT2D eigenvalue weighted by molar-refractivity contribution is 7.98. The van der Waals surface area contributed by atoms with E-state index in [2.05, 4.69) is 9.72 Å². The van der Waals surface area contributed by atoms with E-state index in [1.807, 2.05) is 45.9 Å². The molecular formula is C24H26N2O4S. The summed E-state index contributed by atoms with van der Waals surface area (Å²) in [7, 11) is 0. The van der Waals surface area contributed by atoms with E-state index < -0.39 is 5.97 Å². The van der Waals surface area contributed by atoms with Crippen LogP contribution in [-0.2, 0) is 10.5 Å². The second-order valence-electron chi connectivity index (χ2n) is 7.97. The summed E-state index contributed by atoms with van der Waals surface area (Å²) in [6.45, 7) is 7.48. The first kappa shape index (κ1) is 21.4. The first-order valence-corrected chi connectivity index (χ1v) is 11.4. The Hall–Kier alpha value is -2.80. The van der Waals surface area contributed by atoms with Crippen molar-refractivity contribution in [2.45, 2.75) is 57.2 Å². The fourth-order valence-corrected chi connectivity index (χ4v) is 5.05. The van der Waals surface area contributed by atoms with Gasteiger partial charge < -0.3 is 13.8 Å². The number of aromatic nitrogens is 2. The van der Waals surface area contributed by atoms with Gasteiger partial charge in [0.25, 0.3) is 0 Å². The maximum absolute atomic E-state index is 12.7. The SMILES string of the molecule is Cc1noc(C)c1CSc1ccccc1C(=O)OCC(=O)c1cc(C)n(C2CC2)c1C. The molecule has 0 amide bonds. The minimum absolute atomic E-state index is 0.172. The average Bonchev–Trinajstić information content (AvgIpc) is 3.47. The molecule has 31 heavy (non-hydrogen) atoms. The van der Waals surface area contributed by atoms with E-state index in [1.54, 1.807) is 12.1 Å². The molecule has 1 saturated carbocycles. The minimum Gasteiger partial charge on any atom is -0.454 e. The number of Topliss-reactive ketones (excluding diaryl/α,β-unsaturated/α-hetero) is 1. The molecule has 0 N–H and O–H groups in total. The molecule has 0 radical (unpaired) electrons. The second-order valence-corrected chi connectivity index (χ2v) is 8.99. The van der Waals surface area contributed by atoms with Gasteiger partial charge in [0.2, 0.25) is 5.78 Å². The first-order valence-electron chi connectivity index (χ1n) is 10.4. The van der Waals surface area contributed by atoms with Crippen LogP contribution in [0.25, 0.3) is 0 Å². The van der Waals surface area contributed by atoms with Gasteiger partial charge in [-0.15, -0.1) is 11.8 Å². The third-order valence-corrected chi connectivity index (χ3v) is 6.79. The molecular weight excluding hydrogens is 412 g/mol. The van der Waals surface area contributed by atoms with E-state index >= 15 is 0 Å². The summed E-state index contributed by atoms with van der Waals surface area (Å²) in [6.07, 6.45) is 2.31. The fraction of sp³-hybridized carbons (Fsp3) is 0.375. The lowest BCUT2D eigenvalue weighted by Crippen LogP contribution is -2.15. The molecule has 2 heterocycles. The minimum atomic E-state index is -0.494. The lowest BCUT2D eigenvalue weighted by molar-refractivity contribution is 0.0471. The molecule has 0 spiro atoms. The quantitative estimate of drug-likeness (QED) is 0.267. The van der Waals surface area contributed by atoms with Crippen molar-refractivity contribution in [2.24, 2.45) is 0 Å². The molecule has 4 rings (SSSR count). The highest BCUT2D eigenvalue weighted by Gasteiger charge is 2.28. The Kier molecular flexibility index (Phi) is 6.05. The number of hydrogen-bond acceptors (Lipinski definition) is 6. The Balaban J connectivity index is 1.42. The molecule has 6 nitrogen and oxygen atoms in total. The predicted molar refractivity (Wildman–Crippen MR) is 119 cm³/mol. The van der Waals surface area contributed by atoms with Crippen LogP contribution in [0.5, 0.6) is 0 Å². The highest BCUT2D eigenvalue weighted by atomic mass is 32.2. The Morgan fingerprint density at radius 1 is 1.16 bits per heavy atom. The van der Waals surface area contributed by atoms with Crippen LogP contribution in [0, 0.1) is 27.7 Å². The number of carbonyl (C=O) groups excluding carboxylic acids is 2. The smallest absolute Gasteiger partial charge is 0.339 e. The molecule has 0 saturated heterocycles. The van der Waals surface area contributed by atoms with Crippen molar-refractivity contribution >= 4 is 23.5 Å². The van der Waals surface area contributed by atoms with Gasteiger partial charge in [-0.25, -0.2) is 4.79 Å². The molecule has 0 aliphatic heterocycles. The van der Waals surface area contributed by atoms with Crippen molar-refractivity contribution < 1.29 is 18.8 Å². The van der Waals surface area contributed by atoms with Crippen molar-refractivity contribution in [3.05, 3.63) is 69.9 Å². The summed E-state index contributed by atoms with van der Waals surface area (Å²) in [4.78, 5) is 26.3. The highest BCUT2D eigenvalue weighted by Crippen LogP contribution is 2.38. The van der Waals surface area contributed by atoms with Crippen molar-refractivity contribution in [2.75, 3.05) is 6.61 Å². The number of nitrogens with zero attached hydrogens (tertiary/aromatic N) is 2. The summed E-state index contributed by atoms with van der Waals surface area (Å²) in [5.74, 6) is 0.747. The number of ether oxygens (including phenoxy) is 1. The second kappa shape index (κ2) is 8.75. The molecule has 0 unspecified atom stereocenters. The summed E-state index contributed by atoms with van der Waals surface area (Å²) < 4.78 is 12.8. The van der Waals surface area contributed by atoms with E-state index in [9.17, 15) is 9.59 Å². The molecule has 0 bridgehead atoms. The van der Waals surface area contributed by atoms with Gasteiger partial charge in [-0.05, 0) is 58.7 Å². The van der Waals surface area contributed by atoms with Crippen LogP contribution in [0.2, 0.25) is 0 Å². The monoisotopic (exact) mass is 438 g/mol. The molecule has 1 fully saturated rings. The van der Waals surface area contributed by atoms with Gasteiger partial charge >= 0.3 is 5.97 Å². The van der Waals surface area contributed by atoms with E-state index in [0.29, 0.717) is 22.9 Å². The van der Waals surface area contributed by atoms with Crippen LogP contribution in [0.3, 0.4) is 0 Å². The first-order chi connectivity index (χ1) is 14.9. The van der Waals surface area contributed by atoms with Gasteiger partial charge in [0, 0.05) is 39.2 Å². The summed E-state index contributed by atoms with van der Waals surface area (Å²) in [5, 5.41) is 3.97. The Bertz CT molecular complexity index is 1120. The molecule has 162 valence electrons. The molecule has 7 heteroatoms. The maximum atomic E-state index is 12.7. The molecule has 1 aliphatic rings. The summed E-state index contributed by atoms with van der Waals surface area (Å²) in [6, 6.07) is 9.68. The number of hydrogen-bond donors (Lipinski definition) is 0. The number of thioether (sulfide) groups is 1. The van der Waals surface area contributed by atoms with Gasteiger partial charge in [-0.3, -0.25) is 4.79 Å².